The summed E-state index contributed by atoms with van der Waals surface area (Å²) < 4.78 is 0. The number of fused-ring (bicyclic) bond motifs is 5. The van der Waals surface area contributed by atoms with E-state index in [-0.39, 0.29) is 11.0 Å². The molecule has 0 aromatic heterocycles. The van der Waals surface area contributed by atoms with Crippen molar-refractivity contribution >= 4 is 0 Å². The van der Waals surface area contributed by atoms with Crippen molar-refractivity contribution in [1.82, 2.24) is 0 Å². The fraction of sp³-hybridized carbons (Fsp3) is 1.00. The summed E-state index contributed by atoms with van der Waals surface area (Å²) in [6.45, 7) is 12.2. The van der Waals surface area contributed by atoms with E-state index < -0.39 is 0 Å². The largest absolute Gasteiger partial charge is 0.264 e. The Kier molecular flexibility index (Phi) is 6.32. The zero-order chi connectivity index (χ0) is 21.7. The number of nitrogens with zero attached hydrogens (tertiary/aromatic N) is 1. The summed E-state index contributed by atoms with van der Waals surface area (Å²) in [4.78, 5) is 12.5. The van der Waals surface area contributed by atoms with Crippen LogP contribution in [0, 0.1) is 62.4 Å². The lowest BCUT2D eigenvalue weighted by Gasteiger charge is -2.60. The second kappa shape index (κ2) is 8.39. The van der Waals surface area contributed by atoms with E-state index in [1.165, 1.54) is 70.6 Å². The number of rotatable bonds is 6. The van der Waals surface area contributed by atoms with Crippen LogP contribution < -0.4 is 0 Å². The van der Waals surface area contributed by atoms with E-state index in [1.807, 2.05) is 0 Å². The SMILES string of the molecule is CC(C)CCC[C@@H](C)[C@@H]1CC[C@@H]2[C@H]3[C@H]([N+](=O)[O-])C[C@H]4CCCC[C@]4(C)[C@H]3CC[C@]21C. The molecule has 4 aliphatic carbocycles. The summed E-state index contributed by atoms with van der Waals surface area (Å²) in [6.07, 6.45) is 15.2. The zero-order valence-corrected chi connectivity index (χ0v) is 20.4. The Balaban J connectivity index is 1.57. The predicted molar refractivity (Wildman–Crippen MR) is 124 cm³/mol. The van der Waals surface area contributed by atoms with E-state index in [2.05, 4.69) is 34.6 Å². The van der Waals surface area contributed by atoms with Crippen LogP contribution in [0.25, 0.3) is 0 Å². The van der Waals surface area contributed by atoms with Crippen molar-refractivity contribution in [2.45, 2.75) is 118 Å². The van der Waals surface area contributed by atoms with Crippen molar-refractivity contribution in [3.8, 4) is 0 Å². The molecule has 0 aromatic carbocycles. The lowest BCUT2D eigenvalue weighted by molar-refractivity contribution is -0.548. The van der Waals surface area contributed by atoms with Crippen LogP contribution in [0.15, 0.2) is 0 Å². The zero-order valence-electron chi connectivity index (χ0n) is 20.4. The number of nitro groups is 1. The third kappa shape index (κ3) is 3.64. The van der Waals surface area contributed by atoms with E-state index in [0.717, 1.165) is 24.2 Å². The Morgan fingerprint density at radius 2 is 1.67 bits per heavy atom. The Morgan fingerprint density at radius 3 is 2.37 bits per heavy atom. The first-order valence-corrected chi connectivity index (χ1v) is 13.3. The monoisotopic (exact) mass is 417 g/mol. The average Bonchev–Trinajstić information content (AvgIpc) is 3.03. The van der Waals surface area contributed by atoms with Crippen LogP contribution >= 0.6 is 0 Å². The van der Waals surface area contributed by atoms with Crippen LogP contribution in [0.2, 0.25) is 0 Å². The second-order valence-electron chi connectivity index (χ2n) is 12.9. The summed E-state index contributed by atoms with van der Waals surface area (Å²) in [5.41, 5.74) is 0.711. The van der Waals surface area contributed by atoms with Crippen LogP contribution in [0.3, 0.4) is 0 Å². The van der Waals surface area contributed by atoms with Gasteiger partial charge in [-0.2, -0.15) is 0 Å². The molecule has 4 aliphatic rings. The first kappa shape index (κ1) is 22.6. The number of hydrogen-bond acceptors (Lipinski definition) is 2. The molecule has 0 aromatic rings. The molecule has 0 heterocycles. The van der Waals surface area contributed by atoms with Gasteiger partial charge < -0.3 is 0 Å². The normalized spacial score (nSPS) is 46.7. The molecule has 0 bridgehead atoms. The van der Waals surface area contributed by atoms with Crippen molar-refractivity contribution in [3.05, 3.63) is 10.1 Å². The highest BCUT2D eigenvalue weighted by Crippen LogP contribution is 2.68. The minimum absolute atomic E-state index is 0.164. The minimum atomic E-state index is -0.272. The molecule has 3 nitrogen and oxygen atoms in total. The number of hydrogen-bond donors (Lipinski definition) is 0. The van der Waals surface area contributed by atoms with Crippen LogP contribution in [-0.4, -0.2) is 11.0 Å². The summed E-state index contributed by atoms with van der Waals surface area (Å²) in [7, 11) is 0. The summed E-state index contributed by atoms with van der Waals surface area (Å²) in [6, 6.07) is -0.272. The van der Waals surface area contributed by atoms with Crippen molar-refractivity contribution < 1.29 is 4.92 Å². The summed E-state index contributed by atoms with van der Waals surface area (Å²) in [5.74, 6) is 4.46. The van der Waals surface area contributed by atoms with Crippen LogP contribution in [0.4, 0.5) is 0 Å². The molecule has 172 valence electrons. The molecule has 3 heteroatoms. The van der Waals surface area contributed by atoms with Crippen molar-refractivity contribution in [1.29, 1.82) is 0 Å². The smallest absolute Gasteiger partial charge is 0.216 e. The van der Waals surface area contributed by atoms with Gasteiger partial charge in [0.1, 0.15) is 0 Å². The minimum Gasteiger partial charge on any atom is -0.264 e. The highest BCUT2D eigenvalue weighted by molar-refractivity contribution is 5.11. The van der Waals surface area contributed by atoms with Crippen LogP contribution in [-0.2, 0) is 0 Å². The van der Waals surface area contributed by atoms with E-state index in [9.17, 15) is 10.1 Å². The lowest BCUT2D eigenvalue weighted by Crippen LogP contribution is -2.59. The van der Waals surface area contributed by atoms with Gasteiger partial charge in [-0.1, -0.05) is 66.7 Å². The van der Waals surface area contributed by atoms with E-state index in [4.69, 9.17) is 0 Å². The third-order valence-electron chi connectivity index (χ3n) is 11.1. The topological polar surface area (TPSA) is 43.1 Å². The van der Waals surface area contributed by atoms with Gasteiger partial charge in [0.25, 0.3) is 0 Å². The van der Waals surface area contributed by atoms with Gasteiger partial charge in [-0.05, 0) is 84.9 Å². The quantitative estimate of drug-likeness (QED) is 0.327. The van der Waals surface area contributed by atoms with Gasteiger partial charge in [-0.15, -0.1) is 0 Å². The Hall–Kier alpha value is -0.600. The summed E-state index contributed by atoms with van der Waals surface area (Å²) in [5, 5.41) is 12.3. The van der Waals surface area contributed by atoms with Crippen molar-refractivity contribution in [2.24, 2.45) is 52.3 Å². The van der Waals surface area contributed by atoms with E-state index in [1.54, 1.807) is 0 Å². The molecule has 0 spiro atoms. The predicted octanol–water partition coefficient (Wildman–Crippen LogP) is 7.75. The van der Waals surface area contributed by atoms with Gasteiger partial charge in [0.2, 0.25) is 6.04 Å². The van der Waals surface area contributed by atoms with Crippen molar-refractivity contribution in [2.75, 3.05) is 0 Å². The highest BCUT2D eigenvalue weighted by Gasteiger charge is 2.65. The molecule has 4 rings (SSSR count). The van der Waals surface area contributed by atoms with Gasteiger partial charge in [0.05, 0.1) is 0 Å². The molecule has 4 fully saturated rings. The van der Waals surface area contributed by atoms with Gasteiger partial charge in [-0.25, -0.2) is 0 Å². The molecular formula is C27H47NO2. The van der Waals surface area contributed by atoms with Gasteiger partial charge in [0, 0.05) is 17.3 Å². The highest BCUT2D eigenvalue weighted by atomic mass is 16.6. The van der Waals surface area contributed by atoms with Crippen LogP contribution in [0.5, 0.6) is 0 Å². The summed E-state index contributed by atoms with van der Waals surface area (Å²) >= 11 is 0. The molecule has 0 saturated heterocycles. The molecule has 4 saturated carbocycles. The molecular weight excluding hydrogens is 370 g/mol. The first-order valence-electron chi connectivity index (χ1n) is 13.3. The molecule has 0 unspecified atom stereocenters. The second-order valence-corrected chi connectivity index (χ2v) is 12.9. The van der Waals surface area contributed by atoms with E-state index in [0.29, 0.717) is 34.5 Å². The molecule has 9 atom stereocenters. The van der Waals surface area contributed by atoms with E-state index >= 15 is 0 Å². The Morgan fingerprint density at radius 1 is 0.933 bits per heavy atom. The first-order chi connectivity index (χ1) is 14.2. The molecule has 0 N–H and O–H groups in total. The fourth-order valence-corrected chi connectivity index (χ4v) is 9.51. The molecule has 0 amide bonds. The van der Waals surface area contributed by atoms with Crippen molar-refractivity contribution in [3.63, 3.8) is 0 Å². The standard InChI is InChI=1S/C27H47NO2/c1-18(2)9-8-10-19(3)21-12-13-22-25-23(14-16-27(21,22)5)26(4)15-7-6-11-20(26)17-24(25)28(29)30/h18-25H,6-17H2,1-5H3/t19-,20-,21+,22-,23+,24-,25-,26+,27+/m1/s1. The maximum Gasteiger partial charge on any atom is 0.216 e. The van der Waals surface area contributed by atoms with Gasteiger partial charge >= 0.3 is 0 Å². The maximum atomic E-state index is 12.3. The molecule has 30 heavy (non-hydrogen) atoms. The Labute approximate surface area is 185 Å². The van der Waals surface area contributed by atoms with Crippen LogP contribution in [0.1, 0.15) is 112 Å². The van der Waals surface area contributed by atoms with Gasteiger partial charge in [0.15, 0.2) is 0 Å². The van der Waals surface area contributed by atoms with Gasteiger partial charge in [-0.3, -0.25) is 10.1 Å². The average molecular weight is 418 g/mol. The molecule has 0 radical (unpaired) electrons. The lowest BCUT2D eigenvalue weighted by atomic mass is 9.43. The molecule has 0 aliphatic heterocycles. The fourth-order valence-electron chi connectivity index (χ4n) is 9.51. The Bertz CT molecular complexity index is 632. The maximum absolute atomic E-state index is 12.3. The third-order valence-corrected chi connectivity index (χ3v) is 11.1.